The summed E-state index contributed by atoms with van der Waals surface area (Å²) < 4.78 is 1.71. The first-order valence-corrected chi connectivity index (χ1v) is 5.79. The Balaban J connectivity index is 2.17. The molecule has 5 heteroatoms. The Morgan fingerprint density at radius 1 is 1.25 bits per heavy atom. The van der Waals surface area contributed by atoms with E-state index in [-0.39, 0.29) is 0 Å². The van der Waals surface area contributed by atoms with Crippen LogP contribution >= 0.6 is 23.2 Å². The first kappa shape index (κ1) is 11.4. The Kier molecular flexibility index (Phi) is 3.46. The molecule has 3 nitrogen and oxygen atoms in total. The zero-order valence-corrected chi connectivity index (χ0v) is 10.3. The third-order valence-corrected chi connectivity index (χ3v) is 2.78. The number of halogens is 2. The van der Waals surface area contributed by atoms with Gasteiger partial charge in [-0.3, -0.25) is 4.68 Å². The first-order valence-electron chi connectivity index (χ1n) is 4.88. The van der Waals surface area contributed by atoms with E-state index in [1.807, 2.05) is 31.3 Å². The van der Waals surface area contributed by atoms with Crippen molar-refractivity contribution in [2.75, 3.05) is 0 Å². The van der Waals surface area contributed by atoms with Crippen molar-refractivity contribution in [1.29, 1.82) is 0 Å². The number of aromatic nitrogens is 3. The van der Waals surface area contributed by atoms with E-state index in [9.17, 15) is 0 Å². The van der Waals surface area contributed by atoms with Gasteiger partial charge in [-0.2, -0.15) is 5.10 Å². The fourth-order valence-corrected chi connectivity index (χ4v) is 1.81. The number of rotatable bonds is 3. The molecule has 0 aliphatic rings. The van der Waals surface area contributed by atoms with Crippen LogP contribution in [0.1, 0.15) is 17.2 Å². The summed E-state index contributed by atoms with van der Waals surface area (Å²) in [6.45, 7) is 0. The third kappa shape index (κ3) is 2.54. The molecule has 1 heterocycles. The van der Waals surface area contributed by atoms with Crippen LogP contribution in [0.25, 0.3) is 0 Å². The molecule has 84 valence electrons. The normalized spacial score (nSPS) is 10.7. The van der Waals surface area contributed by atoms with Crippen molar-refractivity contribution in [2.45, 2.75) is 12.3 Å². The van der Waals surface area contributed by atoms with Crippen molar-refractivity contribution >= 4 is 23.2 Å². The van der Waals surface area contributed by atoms with E-state index in [2.05, 4.69) is 10.1 Å². The fraction of sp³-hybridized carbons (Fsp3) is 0.273. The summed E-state index contributed by atoms with van der Waals surface area (Å²) >= 11 is 11.5. The second-order valence-corrected chi connectivity index (χ2v) is 4.21. The monoisotopic (exact) mass is 255 g/mol. The molecule has 0 amide bonds. The van der Waals surface area contributed by atoms with Gasteiger partial charge in [-0.25, -0.2) is 4.98 Å². The smallest absolute Gasteiger partial charge is 0.155 e. The molecule has 2 rings (SSSR count). The summed E-state index contributed by atoms with van der Waals surface area (Å²) in [5.41, 5.74) is 1.14. The zero-order valence-electron chi connectivity index (χ0n) is 8.82. The van der Waals surface area contributed by atoms with Gasteiger partial charge in [0, 0.05) is 18.5 Å². The van der Waals surface area contributed by atoms with E-state index in [0.717, 1.165) is 22.2 Å². The second-order valence-electron chi connectivity index (χ2n) is 3.50. The van der Waals surface area contributed by atoms with Gasteiger partial charge in [-0.05, 0) is 17.7 Å². The number of hydrogen-bond acceptors (Lipinski definition) is 2. The SMILES string of the molecule is Cn1nc(Cc2ccc(Cl)cc2)nc1CCl. The van der Waals surface area contributed by atoms with Gasteiger partial charge in [0.25, 0.3) is 0 Å². The second kappa shape index (κ2) is 4.85. The number of nitrogens with zero attached hydrogens (tertiary/aromatic N) is 3. The summed E-state index contributed by atoms with van der Waals surface area (Å²) in [6, 6.07) is 7.67. The lowest BCUT2D eigenvalue weighted by molar-refractivity contribution is 0.719. The van der Waals surface area contributed by atoms with Crippen LogP contribution in [-0.2, 0) is 19.3 Å². The van der Waals surface area contributed by atoms with E-state index in [1.54, 1.807) is 4.68 Å². The predicted molar refractivity (Wildman–Crippen MR) is 64.8 cm³/mol. The Hall–Kier alpha value is -1.06. The quantitative estimate of drug-likeness (QED) is 0.790. The van der Waals surface area contributed by atoms with Crippen molar-refractivity contribution in [3.63, 3.8) is 0 Å². The van der Waals surface area contributed by atoms with Crippen molar-refractivity contribution in [1.82, 2.24) is 14.8 Å². The molecule has 16 heavy (non-hydrogen) atoms. The molecule has 0 atom stereocenters. The van der Waals surface area contributed by atoms with Gasteiger partial charge in [0.15, 0.2) is 5.82 Å². The maximum Gasteiger partial charge on any atom is 0.155 e. The van der Waals surface area contributed by atoms with Crippen LogP contribution in [0, 0.1) is 0 Å². The summed E-state index contributed by atoms with van der Waals surface area (Å²) in [6.07, 6.45) is 0.696. The van der Waals surface area contributed by atoms with Crippen LogP contribution in [0.5, 0.6) is 0 Å². The molecule has 2 aromatic rings. The average molecular weight is 256 g/mol. The standard InChI is InChI=1S/C11H11Cl2N3/c1-16-11(7-12)14-10(15-16)6-8-2-4-9(13)5-3-8/h2-5H,6-7H2,1H3. The van der Waals surface area contributed by atoms with Crippen molar-refractivity contribution in [2.24, 2.45) is 7.05 Å². The molecule has 0 radical (unpaired) electrons. The van der Waals surface area contributed by atoms with Gasteiger partial charge in [-0.1, -0.05) is 23.7 Å². The molecule has 0 unspecified atom stereocenters. The number of alkyl halides is 1. The highest BCUT2D eigenvalue weighted by Gasteiger charge is 2.06. The molecule has 0 bridgehead atoms. The van der Waals surface area contributed by atoms with E-state index in [4.69, 9.17) is 23.2 Å². The molecule has 0 spiro atoms. The van der Waals surface area contributed by atoms with Gasteiger partial charge in [0.05, 0.1) is 5.88 Å². The van der Waals surface area contributed by atoms with Crippen LogP contribution < -0.4 is 0 Å². The number of benzene rings is 1. The Labute approximate surface area is 104 Å². The summed E-state index contributed by atoms with van der Waals surface area (Å²) in [7, 11) is 1.84. The van der Waals surface area contributed by atoms with Gasteiger partial charge in [0.1, 0.15) is 5.82 Å². The molecule has 0 N–H and O–H groups in total. The van der Waals surface area contributed by atoms with Crippen molar-refractivity contribution in [3.05, 3.63) is 46.5 Å². The first-order chi connectivity index (χ1) is 7.69. The largest absolute Gasteiger partial charge is 0.252 e. The van der Waals surface area contributed by atoms with Crippen LogP contribution in [0.2, 0.25) is 5.02 Å². The Morgan fingerprint density at radius 3 is 2.50 bits per heavy atom. The molecular weight excluding hydrogens is 245 g/mol. The maximum absolute atomic E-state index is 5.81. The summed E-state index contributed by atoms with van der Waals surface area (Å²) in [5, 5.41) is 5.02. The number of aryl methyl sites for hydroxylation is 1. The van der Waals surface area contributed by atoms with E-state index >= 15 is 0 Å². The zero-order chi connectivity index (χ0) is 11.5. The molecule has 0 aliphatic heterocycles. The minimum atomic E-state index is 0.379. The predicted octanol–water partition coefficient (Wildman–Crippen LogP) is 2.80. The minimum Gasteiger partial charge on any atom is -0.252 e. The maximum atomic E-state index is 5.81. The fourth-order valence-electron chi connectivity index (χ4n) is 1.45. The van der Waals surface area contributed by atoms with Crippen molar-refractivity contribution in [3.8, 4) is 0 Å². The molecule has 0 saturated carbocycles. The Morgan fingerprint density at radius 2 is 1.94 bits per heavy atom. The highest BCUT2D eigenvalue weighted by atomic mass is 35.5. The molecule has 0 fully saturated rings. The molecule has 1 aromatic carbocycles. The van der Waals surface area contributed by atoms with E-state index in [1.165, 1.54) is 0 Å². The van der Waals surface area contributed by atoms with Gasteiger partial charge in [0.2, 0.25) is 0 Å². The summed E-state index contributed by atoms with van der Waals surface area (Å²) in [4.78, 5) is 4.33. The molecule has 1 aromatic heterocycles. The van der Waals surface area contributed by atoms with Crippen molar-refractivity contribution < 1.29 is 0 Å². The number of hydrogen-bond donors (Lipinski definition) is 0. The van der Waals surface area contributed by atoms with Crippen LogP contribution in [-0.4, -0.2) is 14.8 Å². The lowest BCUT2D eigenvalue weighted by Gasteiger charge is -1.96. The molecular formula is C11H11Cl2N3. The van der Waals surface area contributed by atoms with Crippen LogP contribution in [0.4, 0.5) is 0 Å². The minimum absolute atomic E-state index is 0.379. The van der Waals surface area contributed by atoms with Gasteiger partial charge >= 0.3 is 0 Å². The van der Waals surface area contributed by atoms with E-state index < -0.39 is 0 Å². The van der Waals surface area contributed by atoms with Crippen LogP contribution in [0.15, 0.2) is 24.3 Å². The van der Waals surface area contributed by atoms with Crippen LogP contribution in [0.3, 0.4) is 0 Å². The van der Waals surface area contributed by atoms with Gasteiger partial charge in [-0.15, -0.1) is 11.6 Å². The Bertz CT molecular complexity index is 476. The highest BCUT2D eigenvalue weighted by Crippen LogP contribution is 2.12. The average Bonchev–Trinajstić information content (AvgIpc) is 2.62. The topological polar surface area (TPSA) is 30.7 Å². The van der Waals surface area contributed by atoms with Gasteiger partial charge < -0.3 is 0 Å². The molecule has 0 aliphatic carbocycles. The lowest BCUT2D eigenvalue weighted by atomic mass is 10.1. The lowest BCUT2D eigenvalue weighted by Crippen LogP contribution is -1.96. The molecule has 0 saturated heterocycles. The van der Waals surface area contributed by atoms with E-state index in [0.29, 0.717) is 12.3 Å². The third-order valence-electron chi connectivity index (χ3n) is 2.29. The highest BCUT2D eigenvalue weighted by molar-refractivity contribution is 6.30. The summed E-state index contributed by atoms with van der Waals surface area (Å²) in [5.74, 6) is 1.94.